The number of ether oxygens (including phenoxy) is 1. The highest BCUT2D eigenvalue weighted by molar-refractivity contribution is 7.89. The molecule has 2 rings (SSSR count). The normalized spacial score (nSPS) is 22.2. The molecular formula is C13H16ClNO5S. The van der Waals surface area contributed by atoms with Crippen LogP contribution in [0, 0.1) is 5.92 Å². The Hall–Kier alpha value is -1.31. The van der Waals surface area contributed by atoms with E-state index in [0.717, 1.165) is 0 Å². The Kier molecular flexibility index (Phi) is 4.75. The third kappa shape index (κ3) is 3.48. The summed E-state index contributed by atoms with van der Waals surface area (Å²) >= 11 is 5.96. The van der Waals surface area contributed by atoms with Gasteiger partial charge in [0.25, 0.3) is 0 Å². The first-order valence-corrected chi connectivity index (χ1v) is 8.30. The predicted molar refractivity (Wildman–Crippen MR) is 77.1 cm³/mol. The van der Waals surface area contributed by atoms with Crippen molar-refractivity contribution in [1.29, 1.82) is 0 Å². The minimum absolute atomic E-state index is 0.0340. The first-order valence-electron chi connectivity index (χ1n) is 6.44. The van der Waals surface area contributed by atoms with Crippen LogP contribution < -0.4 is 9.46 Å². The number of carboxylic acids is 1. The minimum atomic E-state index is -3.87. The maximum atomic E-state index is 12.3. The highest BCUT2D eigenvalue weighted by Crippen LogP contribution is 2.30. The van der Waals surface area contributed by atoms with Gasteiger partial charge >= 0.3 is 5.97 Å². The number of benzene rings is 1. The number of sulfonamides is 1. The van der Waals surface area contributed by atoms with Crippen LogP contribution in [-0.4, -0.2) is 32.6 Å². The van der Waals surface area contributed by atoms with E-state index in [1.165, 1.54) is 25.3 Å². The third-order valence-corrected chi connectivity index (χ3v) is 5.54. The van der Waals surface area contributed by atoms with Crippen molar-refractivity contribution in [3.05, 3.63) is 23.2 Å². The number of methoxy groups -OCH3 is 1. The highest BCUT2D eigenvalue weighted by atomic mass is 35.5. The maximum Gasteiger partial charge on any atom is 0.308 e. The molecule has 1 aromatic carbocycles. The van der Waals surface area contributed by atoms with E-state index >= 15 is 0 Å². The van der Waals surface area contributed by atoms with E-state index in [4.69, 9.17) is 21.4 Å². The summed E-state index contributed by atoms with van der Waals surface area (Å²) in [6.45, 7) is 0. The van der Waals surface area contributed by atoms with Crippen molar-refractivity contribution in [2.75, 3.05) is 7.11 Å². The summed E-state index contributed by atoms with van der Waals surface area (Å²) in [5.74, 6) is -1.24. The Bertz CT molecular complexity index is 646. The van der Waals surface area contributed by atoms with Gasteiger partial charge in [-0.1, -0.05) is 18.0 Å². The lowest BCUT2D eigenvalue weighted by Gasteiger charge is -2.18. The summed E-state index contributed by atoms with van der Waals surface area (Å²) in [5.41, 5.74) is 0. The molecule has 0 amide bonds. The molecule has 1 saturated carbocycles. The van der Waals surface area contributed by atoms with Crippen LogP contribution in [0.15, 0.2) is 23.1 Å². The summed E-state index contributed by atoms with van der Waals surface area (Å²) in [7, 11) is -2.41. The third-order valence-electron chi connectivity index (χ3n) is 3.57. The van der Waals surface area contributed by atoms with Gasteiger partial charge in [-0.05, 0) is 25.0 Å². The van der Waals surface area contributed by atoms with Gasteiger partial charge in [-0.3, -0.25) is 4.79 Å². The van der Waals surface area contributed by atoms with E-state index in [1.54, 1.807) is 0 Å². The number of nitrogens with one attached hydrogen (secondary N) is 1. The molecule has 1 fully saturated rings. The fourth-order valence-electron chi connectivity index (χ4n) is 2.49. The lowest BCUT2D eigenvalue weighted by Crippen LogP contribution is -2.40. The van der Waals surface area contributed by atoms with Crippen molar-refractivity contribution in [2.24, 2.45) is 5.92 Å². The van der Waals surface area contributed by atoms with Crippen molar-refractivity contribution in [3.8, 4) is 5.75 Å². The second-order valence-corrected chi connectivity index (χ2v) is 6.99. The molecule has 2 atom stereocenters. The average molecular weight is 334 g/mol. The van der Waals surface area contributed by atoms with Gasteiger partial charge in [0.15, 0.2) is 0 Å². The Morgan fingerprint density at radius 1 is 1.43 bits per heavy atom. The van der Waals surface area contributed by atoms with Crippen LogP contribution >= 0.6 is 11.6 Å². The topological polar surface area (TPSA) is 92.7 Å². The molecule has 2 N–H and O–H groups in total. The molecule has 1 aliphatic rings. The summed E-state index contributed by atoms with van der Waals surface area (Å²) in [5, 5.41) is 9.13. The van der Waals surface area contributed by atoms with Gasteiger partial charge in [-0.2, -0.15) is 0 Å². The van der Waals surface area contributed by atoms with Crippen molar-refractivity contribution in [2.45, 2.75) is 30.2 Å². The summed E-state index contributed by atoms with van der Waals surface area (Å²) < 4.78 is 32.1. The molecule has 1 aromatic rings. The molecule has 0 radical (unpaired) electrons. The summed E-state index contributed by atoms with van der Waals surface area (Å²) in [4.78, 5) is 11.0. The van der Waals surface area contributed by atoms with Crippen molar-refractivity contribution in [3.63, 3.8) is 0 Å². The number of carbonyl (C=O) groups is 1. The van der Waals surface area contributed by atoms with Crippen LogP contribution in [0.25, 0.3) is 0 Å². The largest absolute Gasteiger partial charge is 0.497 e. The van der Waals surface area contributed by atoms with Crippen LogP contribution in [-0.2, 0) is 14.8 Å². The summed E-state index contributed by atoms with van der Waals surface area (Å²) in [6, 6.07) is 3.63. The molecule has 0 unspecified atom stereocenters. The molecule has 6 nitrogen and oxygen atoms in total. The van der Waals surface area contributed by atoms with Gasteiger partial charge in [0, 0.05) is 12.1 Å². The average Bonchev–Trinajstić information content (AvgIpc) is 2.85. The van der Waals surface area contributed by atoms with Gasteiger partial charge in [-0.15, -0.1) is 0 Å². The molecule has 0 saturated heterocycles. The number of rotatable bonds is 5. The summed E-state index contributed by atoms with van der Waals surface area (Å²) in [6.07, 6.45) is 1.66. The quantitative estimate of drug-likeness (QED) is 0.858. The Morgan fingerprint density at radius 3 is 2.71 bits per heavy atom. The van der Waals surface area contributed by atoms with E-state index in [0.29, 0.717) is 25.0 Å². The van der Waals surface area contributed by atoms with E-state index in [9.17, 15) is 13.2 Å². The standard InChI is InChI=1S/C13H16ClNO5S/c1-20-8-5-6-12(10(14)7-8)21(18,19)15-11-4-2-3-9(11)13(16)17/h5-7,9,11,15H,2-4H2,1H3,(H,16,17)/t9-,11-/m1/s1. The van der Waals surface area contributed by atoms with Gasteiger partial charge in [0.05, 0.1) is 18.1 Å². The zero-order chi connectivity index (χ0) is 15.6. The molecule has 21 heavy (non-hydrogen) atoms. The Morgan fingerprint density at radius 2 is 2.14 bits per heavy atom. The lowest BCUT2D eigenvalue weighted by molar-refractivity contribution is -0.141. The second-order valence-electron chi connectivity index (χ2n) is 4.90. The lowest BCUT2D eigenvalue weighted by atomic mass is 10.1. The number of hydrogen-bond acceptors (Lipinski definition) is 4. The molecule has 1 aliphatic carbocycles. The Labute approximate surface area is 128 Å². The second kappa shape index (κ2) is 6.21. The maximum absolute atomic E-state index is 12.3. The van der Waals surface area contributed by atoms with Gasteiger partial charge in [0.1, 0.15) is 10.6 Å². The number of aliphatic carboxylic acids is 1. The van der Waals surface area contributed by atoms with Gasteiger partial charge in [-0.25, -0.2) is 13.1 Å². The van der Waals surface area contributed by atoms with Crippen molar-refractivity contribution in [1.82, 2.24) is 4.72 Å². The van der Waals surface area contributed by atoms with E-state index < -0.39 is 28.0 Å². The Balaban J connectivity index is 2.24. The molecule has 0 spiro atoms. The van der Waals surface area contributed by atoms with Crippen molar-refractivity contribution >= 4 is 27.6 Å². The molecular weight excluding hydrogens is 318 g/mol. The SMILES string of the molecule is COc1ccc(S(=O)(=O)N[C@@H]2CCC[C@H]2C(=O)O)c(Cl)c1. The molecule has 0 aliphatic heterocycles. The zero-order valence-corrected chi connectivity index (χ0v) is 12.9. The van der Waals surface area contributed by atoms with Crippen LogP contribution in [0.4, 0.5) is 0 Å². The molecule has 116 valence electrons. The minimum Gasteiger partial charge on any atom is -0.497 e. The number of halogens is 1. The number of hydrogen-bond donors (Lipinski definition) is 2. The van der Waals surface area contributed by atoms with E-state index in [2.05, 4.69) is 4.72 Å². The van der Waals surface area contributed by atoms with Crippen LogP contribution in [0.1, 0.15) is 19.3 Å². The van der Waals surface area contributed by atoms with Crippen molar-refractivity contribution < 1.29 is 23.1 Å². The van der Waals surface area contributed by atoms with Crippen LogP contribution in [0.5, 0.6) is 5.75 Å². The monoisotopic (exact) mass is 333 g/mol. The highest BCUT2D eigenvalue weighted by Gasteiger charge is 2.36. The van der Waals surface area contributed by atoms with Crippen LogP contribution in [0.3, 0.4) is 0 Å². The van der Waals surface area contributed by atoms with Gasteiger partial charge in [0.2, 0.25) is 10.0 Å². The molecule has 8 heteroatoms. The molecule has 0 aromatic heterocycles. The number of carboxylic acid groups (broad SMARTS) is 1. The molecule has 0 bridgehead atoms. The van der Waals surface area contributed by atoms with Crippen LogP contribution in [0.2, 0.25) is 5.02 Å². The predicted octanol–water partition coefficient (Wildman–Crippen LogP) is 1.88. The van der Waals surface area contributed by atoms with Gasteiger partial charge < -0.3 is 9.84 Å². The first kappa shape index (κ1) is 16.1. The zero-order valence-electron chi connectivity index (χ0n) is 11.4. The van der Waals surface area contributed by atoms with E-state index in [-0.39, 0.29) is 9.92 Å². The van der Waals surface area contributed by atoms with E-state index in [1.807, 2.05) is 0 Å². The smallest absolute Gasteiger partial charge is 0.308 e. The fourth-order valence-corrected chi connectivity index (χ4v) is 4.33. The molecule has 0 heterocycles. The first-order chi connectivity index (χ1) is 9.85. The fraction of sp³-hybridized carbons (Fsp3) is 0.462.